The molecule has 0 spiro atoms. The Morgan fingerprint density at radius 1 is 1.55 bits per heavy atom. The van der Waals surface area contributed by atoms with Crippen LogP contribution in [-0.4, -0.2) is 27.1 Å². The highest BCUT2D eigenvalue weighted by atomic mass is 16.5. The number of aliphatic hydroxyl groups excluding tert-OH is 1. The van der Waals surface area contributed by atoms with Crippen LogP contribution in [0.2, 0.25) is 0 Å². The highest BCUT2D eigenvalue weighted by molar-refractivity contribution is 5.06. The molecule has 1 fully saturated rings. The lowest BCUT2D eigenvalue weighted by molar-refractivity contribution is -0.0252. The Kier molecular flexibility index (Phi) is 4.23. The summed E-state index contributed by atoms with van der Waals surface area (Å²) in [6, 6.07) is 0. The second-order valence-corrected chi connectivity index (χ2v) is 4.47. The summed E-state index contributed by atoms with van der Waals surface area (Å²) in [5.74, 6) is 0. The van der Waals surface area contributed by atoms with Crippen LogP contribution in [-0.2, 0) is 11.2 Å². The van der Waals surface area contributed by atoms with Crippen LogP contribution < -0.4 is 11.2 Å². The zero-order chi connectivity index (χ0) is 14.7. The Morgan fingerprint density at radius 2 is 2.30 bits per heavy atom. The third-order valence-corrected chi connectivity index (χ3v) is 3.27. The molecule has 1 N–H and O–H groups in total. The summed E-state index contributed by atoms with van der Waals surface area (Å²) in [6.45, 7) is 1.64. The maximum absolute atomic E-state index is 12.1. The number of hydrogen-bond acceptors (Lipinski definition) is 5. The fourth-order valence-electron chi connectivity index (χ4n) is 2.20. The van der Waals surface area contributed by atoms with Crippen molar-refractivity contribution in [1.29, 1.82) is 0 Å². The van der Waals surface area contributed by atoms with E-state index in [0.29, 0.717) is 29.5 Å². The van der Waals surface area contributed by atoms with E-state index in [2.05, 4.69) is 10.1 Å². The van der Waals surface area contributed by atoms with Crippen molar-refractivity contribution in [3.63, 3.8) is 0 Å². The Labute approximate surface area is 113 Å². The lowest BCUT2D eigenvalue weighted by Crippen LogP contribution is -2.40. The molecule has 0 radical (unpaired) electrons. The second-order valence-electron chi connectivity index (χ2n) is 4.47. The minimum Gasteiger partial charge on any atom is -0.394 e. The van der Waals surface area contributed by atoms with Gasteiger partial charge in [-0.1, -0.05) is 11.6 Å². The molecular weight excluding hydrogens is 266 g/mol. The molecule has 0 aromatic carbocycles. The van der Waals surface area contributed by atoms with Gasteiger partial charge in [-0.3, -0.25) is 4.57 Å². The van der Waals surface area contributed by atoms with E-state index < -0.39 is 17.5 Å². The molecule has 9 heteroatoms. The molecule has 1 aromatic heterocycles. The molecule has 0 unspecified atom stereocenters. The molecule has 1 aliphatic heterocycles. The van der Waals surface area contributed by atoms with Gasteiger partial charge in [0.05, 0.1) is 18.3 Å². The normalized spacial score (nSPS) is 21.7. The maximum Gasteiger partial charge on any atom is 0.428 e. The van der Waals surface area contributed by atoms with Crippen molar-refractivity contribution in [2.75, 3.05) is 6.61 Å². The van der Waals surface area contributed by atoms with Crippen LogP contribution >= 0.6 is 0 Å². The van der Waals surface area contributed by atoms with E-state index in [1.807, 2.05) is 0 Å². The Morgan fingerprint density at radius 3 is 2.85 bits per heavy atom. The van der Waals surface area contributed by atoms with Crippen molar-refractivity contribution in [3.05, 3.63) is 43.0 Å². The van der Waals surface area contributed by atoms with Crippen LogP contribution in [0.5, 0.6) is 0 Å². The van der Waals surface area contributed by atoms with Gasteiger partial charge in [0, 0.05) is 6.20 Å². The number of hydrogen-bond donors (Lipinski definition) is 1. The van der Waals surface area contributed by atoms with Gasteiger partial charge in [-0.25, -0.2) is 9.59 Å². The predicted octanol–water partition coefficient (Wildman–Crippen LogP) is 0.316. The molecule has 1 saturated heterocycles. The first-order chi connectivity index (χ1) is 9.62. The summed E-state index contributed by atoms with van der Waals surface area (Å²) in [5.41, 5.74) is 7.45. The van der Waals surface area contributed by atoms with E-state index in [1.165, 1.54) is 10.8 Å². The maximum atomic E-state index is 12.1. The minimum absolute atomic E-state index is 0.123. The van der Waals surface area contributed by atoms with E-state index in [9.17, 15) is 9.59 Å². The van der Waals surface area contributed by atoms with Crippen molar-refractivity contribution in [1.82, 2.24) is 9.24 Å². The van der Waals surface area contributed by atoms with Crippen molar-refractivity contribution in [2.24, 2.45) is 5.22 Å². The average Bonchev–Trinajstić information content (AvgIpc) is 2.92. The van der Waals surface area contributed by atoms with Gasteiger partial charge in [-0.15, -0.1) is 5.53 Å². The van der Waals surface area contributed by atoms with Gasteiger partial charge in [0.25, 0.3) is 0 Å². The van der Waals surface area contributed by atoms with Crippen molar-refractivity contribution in [3.8, 4) is 0 Å². The lowest BCUT2D eigenvalue weighted by Gasteiger charge is -2.15. The first-order valence-corrected chi connectivity index (χ1v) is 6.31. The van der Waals surface area contributed by atoms with Gasteiger partial charge in [-0.05, 0) is 24.5 Å². The van der Waals surface area contributed by atoms with Crippen LogP contribution in [0.3, 0.4) is 0 Å². The van der Waals surface area contributed by atoms with Crippen LogP contribution in [0.1, 0.15) is 31.6 Å². The SMILES string of the molecule is CCc1cn([C@@H]2CC[C@H](CO)O2)c(=O)n(N=[N+]=[N-])c1=O. The Bertz CT molecular complexity index is 658. The summed E-state index contributed by atoms with van der Waals surface area (Å²) < 4.78 is 7.25. The van der Waals surface area contributed by atoms with Gasteiger partial charge in [-0.2, -0.15) is 4.91 Å². The predicted molar refractivity (Wildman–Crippen MR) is 69.1 cm³/mol. The summed E-state index contributed by atoms with van der Waals surface area (Å²) in [4.78, 5) is 26.5. The van der Waals surface area contributed by atoms with Gasteiger partial charge in [0.1, 0.15) is 6.23 Å². The molecule has 0 bridgehead atoms. The minimum atomic E-state index is -0.742. The van der Waals surface area contributed by atoms with Crippen molar-refractivity contribution >= 4 is 0 Å². The number of nitrogens with zero attached hydrogens (tertiary/aromatic N) is 5. The van der Waals surface area contributed by atoms with Gasteiger partial charge < -0.3 is 9.84 Å². The number of azide groups is 1. The third kappa shape index (κ3) is 2.46. The largest absolute Gasteiger partial charge is 0.428 e. The van der Waals surface area contributed by atoms with Crippen LogP contribution in [0, 0.1) is 0 Å². The third-order valence-electron chi connectivity index (χ3n) is 3.27. The van der Waals surface area contributed by atoms with Gasteiger partial charge in [0.2, 0.25) is 0 Å². The summed E-state index contributed by atoms with van der Waals surface area (Å²) in [5, 5.41) is 12.2. The smallest absolute Gasteiger partial charge is 0.394 e. The zero-order valence-electron chi connectivity index (χ0n) is 11.0. The molecule has 1 aliphatic rings. The summed E-state index contributed by atoms with van der Waals surface area (Å²) in [6.07, 6.45) is 2.11. The van der Waals surface area contributed by atoms with Gasteiger partial charge >= 0.3 is 11.2 Å². The molecule has 2 rings (SSSR count). The monoisotopic (exact) mass is 281 g/mol. The van der Waals surface area contributed by atoms with Crippen LogP contribution in [0.4, 0.5) is 0 Å². The van der Waals surface area contributed by atoms with E-state index in [4.69, 9.17) is 15.4 Å². The van der Waals surface area contributed by atoms with Gasteiger partial charge in [0.15, 0.2) is 0 Å². The number of aromatic nitrogens is 2. The number of aliphatic hydroxyl groups is 1. The Hall–Kier alpha value is -2.09. The van der Waals surface area contributed by atoms with E-state index in [-0.39, 0.29) is 12.7 Å². The standard InChI is InChI=1S/C11H15N5O4/c1-2-7-5-15(9-4-3-8(6-17)20-9)11(19)16(10(7)18)14-13-12/h5,8-9,17H,2-4,6H2,1H3/t8-,9+/m1/s1. The molecule has 0 aliphatic carbocycles. The first kappa shape index (κ1) is 14.3. The summed E-state index contributed by atoms with van der Waals surface area (Å²) in [7, 11) is 0. The van der Waals surface area contributed by atoms with Crippen molar-refractivity contribution in [2.45, 2.75) is 38.5 Å². The Balaban J connectivity index is 2.54. The average molecular weight is 281 g/mol. The topological polar surface area (TPSA) is 122 Å². The second kappa shape index (κ2) is 5.91. The van der Waals surface area contributed by atoms with E-state index in [0.717, 1.165) is 0 Å². The number of aryl methyl sites for hydroxylation is 1. The van der Waals surface area contributed by atoms with E-state index >= 15 is 0 Å². The highest BCUT2D eigenvalue weighted by Crippen LogP contribution is 2.26. The molecule has 1 aromatic rings. The number of ether oxygens (including phenoxy) is 1. The molecule has 9 nitrogen and oxygen atoms in total. The zero-order valence-corrected chi connectivity index (χ0v) is 11.0. The summed E-state index contributed by atoms with van der Waals surface area (Å²) >= 11 is 0. The highest BCUT2D eigenvalue weighted by Gasteiger charge is 2.29. The molecule has 2 heterocycles. The lowest BCUT2D eigenvalue weighted by atomic mass is 10.2. The van der Waals surface area contributed by atoms with Crippen molar-refractivity contribution < 1.29 is 9.84 Å². The molecule has 108 valence electrons. The molecular formula is C11H15N5O4. The molecule has 0 saturated carbocycles. The molecule has 0 amide bonds. The van der Waals surface area contributed by atoms with E-state index in [1.54, 1.807) is 6.92 Å². The number of rotatable bonds is 4. The first-order valence-electron chi connectivity index (χ1n) is 6.31. The van der Waals surface area contributed by atoms with Crippen LogP contribution in [0.25, 0.3) is 10.4 Å². The molecule has 20 heavy (non-hydrogen) atoms. The fourth-order valence-corrected chi connectivity index (χ4v) is 2.20. The quantitative estimate of drug-likeness (QED) is 0.485. The van der Waals surface area contributed by atoms with Crippen LogP contribution in [0.15, 0.2) is 21.0 Å². The fraction of sp³-hybridized carbons (Fsp3) is 0.636. The molecule has 2 atom stereocenters.